The number of fused-ring (bicyclic) bond motifs is 5. The molecule has 0 spiro atoms. The van der Waals surface area contributed by atoms with Gasteiger partial charge < -0.3 is 14.6 Å². The van der Waals surface area contributed by atoms with Crippen molar-refractivity contribution in [3.63, 3.8) is 0 Å². The van der Waals surface area contributed by atoms with Crippen LogP contribution in [0.5, 0.6) is 5.75 Å². The highest BCUT2D eigenvalue weighted by atomic mass is 79.9. The van der Waals surface area contributed by atoms with E-state index in [-0.39, 0.29) is 16.3 Å². The lowest BCUT2D eigenvalue weighted by Gasteiger charge is -2.50. The highest BCUT2D eigenvalue weighted by Gasteiger charge is 2.57. The summed E-state index contributed by atoms with van der Waals surface area (Å²) in [5.74, 6) is 2.90. The molecule has 0 aliphatic heterocycles. The van der Waals surface area contributed by atoms with Gasteiger partial charge >= 0.3 is 0 Å². The molecule has 1 aromatic carbocycles. The second-order valence-corrected chi connectivity index (χ2v) is 9.24. The third-order valence-corrected chi connectivity index (χ3v) is 7.85. The summed E-state index contributed by atoms with van der Waals surface area (Å²) in [4.78, 5) is 0.262. The number of rotatable bonds is 3. The van der Waals surface area contributed by atoms with E-state index in [1.54, 1.807) is 7.11 Å². The Bertz CT molecular complexity index is 619. The molecule has 0 amide bonds. The smallest absolute Gasteiger partial charge is 0.188 e. The van der Waals surface area contributed by atoms with Gasteiger partial charge in [0.1, 0.15) is 5.75 Å². The molecule has 0 aromatic heterocycles. The Labute approximate surface area is 152 Å². The molecule has 3 aliphatic rings. The van der Waals surface area contributed by atoms with Gasteiger partial charge in [0, 0.05) is 11.9 Å². The van der Waals surface area contributed by atoms with Gasteiger partial charge in [0.2, 0.25) is 0 Å². The maximum absolute atomic E-state index is 10.7. The van der Waals surface area contributed by atoms with Crippen LogP contribution in [0.2, 0.25) is 0 Å². The van der Waals surface area contributed by atoms with Crippen LogP contribution >= 0.6 is 15.9 Å². The number of hydrogen-bond acceptors (Lipinski definition) is 3. The first-order valence-corrected chi connectivity index (χ1v) is 10.0. The van der Waals surface area contributed by atoms with Gasteiger partial charge in [-0.1, -0.05) is 28.9 Å². The van der Waals surface area contributed by atoms with E-state index in [1.807, 2.05) is 0 Å². The van der Waals surface area contributed by atoms with E-state index in [4.69, 9.17) is 9.47 Å². The van der Waals surface area contributed by atoms with Crippen molar-refractivity contribution in [3.8, 4) is 5.75 Å². The zero-order chi connectivity index (χ0) is 16.9. The molecule has 132 valence electrons. The summed E-state index contributed by atoms with van der Waals surface area (Å²) in [7, 11) is 1.65. The van der Waals surface area contributed by atoms with Crippen molar-refractivity contribution in [2.75, 3.05) is 13.9 Å². The molecule has 6 atom stereocenters. The van der Waals surface area contributed by atoms with E-state index in [0.717, 1.165) is 25.0 Å². The minimum atomic E-state index is -0.199. The molecule has 3 nitrogen and oxygen atoms in total. The molecule has 0 unspecified atom stereocenters. The summed E-state index contributed by atoms with van der Waals surface area (Å²) in [6.45, 7) is 2.62. The summed E-state index contributed by atoms with van der Waals surface area (Å²) in [5, 5.41) is 10.7. The van der Waals surface area contributed by atoms with E-state index in [9.17, 15) is 5.11 Å². The van der Waals surface area contributed by atoms with Crippen LogP contribution in [-0.2, 0) is 11.2 Å². The van der Waals surface area contributed by atoms with Crippen LogP contribution in [0.15, 0.2) is 18.2 Å². The molecule has 0 saturated heterocycles. The van der Waals surface area contributed by atoms with Crippen LogP contribution in [0.1, 0.15) is 49.7 Å². The summed E-state index contributed by atoms with van der Waals surface area (Å²) in [5.41, 5.74) is 3.06. The number of halogens is 1. The second kappa shape index (κ2) is 6.30. The Balaban J connectivity index is 1.60. The lowest BCUT2D eigenvalue weighted by Crippen LogP contribution is -2.44. The topological polar surface area (TPSA) is 38.7 Å². The maximum Gasteiger partial charge on any atom is 0.188 e. The molecule has 4 heteroatoms. The molecule has 0 heterocycles. The van der Waals surface area contributed by atoms with Crippen molar-refractivity contribution >= 4 is 15.9 Å². The Hall–Kier alpha value is -0.580. The van der Waals surface area contributed by atoms with Crippen molar-refractivity contribution < 1.29 is 14.6 Å². The molecule has 4 rings (SSSR count). The van der Waals surface area contributed by atoms with Gasteiger partial charge in [-0.2, -0.15) is 0 Å². The molecule has 24 heavy (non-hydrogen) atoms. The van der Waals surface area contributed by atoms with Crippen molar-refractivity contribution in [3.05, 3.63) is 29.3 Å². The lowest BCUT2D eigenvalue weighted by molar-refractivity contribution is -0.0213. The van der Waals surface area contributed by atoms with Gasteiger partial charge in [-0.15, -0.1) is 0 Å². The van der Waals surface area contributed by atoms with E-state index in [0.29, 0.717) is 24.5 Å². The van der Waals surface area contributed by atoms with Gasteiger partial charge in [0.15, 0.2) is 6.79 Å². The first-order chi connectivity index (χ1) is 11.5. The maximum atomic E-state index is 10.7. The summed E-state index contributed by atoms with van der Waals surface area (Å²) in [6, 6.07) is 6.57. The quantitative estimate of drug-likeness (QED) is 0.614. The fraction of sp³-hybridized carbons (Fsp3) is 0.700. The minimum absolute atomic E-state index is 0.0916. The van der Waals surface area contributed by atoms with Gasteiger partial charge in [0.05, 0.1) is 6.10 Å². The summed E-state index contributed by atoms with van der Waals surface area (Å²) < 4.78 is 10.6. The number of aryl methyl sites for hydroxylation is 1. The first-order valence-electron chi connectivity index (χ1n) is 9.11. The van der Waals surface area contributed by atoms with Crippen molar-refractivity contribution in [1.29, 1.82) is 0 Å². The van der Waals surface area contributed by atoms with Crippen LogP contribution in [-0.4, -0.2) is 29.9 Å². The zero-order valence-electron chi connectivity index (χ0n) is 14.5. The predicted molar refractivity (Wildman–Crippen MR) is 97.7 cm³/mol. The number of aliphatic hydroxyl groups excluding tert-OH is 1. The molecular formula is C20H27BrO3. The van der Waals surface area contributed by atoms with Crippen LogP contribution in [0, 0.1) is 17.3 Å². The molecule has 2 saturated carbocycles. The number of benzene rings is 1. The van der Waals surface area contributed by atoms with E-state index >= 15 is 0 Å². The fourth-order valence-corrected chi connectivity index (χ4v) is 6.73. The SMILES string of the molecule is COCOc1ccc2c(c1)CC[C@@H]1[C@@H]2CC[C@]2(C)[C@@H](O)[C@H](Br)C[C@@H]12. The number of hydrogen-bond donors (Lipinski definition) is 1. The molecule has 1 N–H and O–H groups in total. The highest BCUT2D eigenvalue weighted by Crippen LogP contribution is 2.61. The van der Waals surface area contributed by atoms with Gasteiger partial charge in [-0.05, 0) is 78.5 Å². The van der Waals surface area contributed by atoms with Gasteiger partial charge in [0.25, 0.3) is 0 Å². The average Bonchev–Trinajstić information content (AvgIpc) is 2.83. The molecular weight excluding hydrogens is 368 g/mol. The Kier molecular flexibility index (Phi) is 4.42. The van der Waals surface area contributed by atoms with E-state index in [2.05, 4.69) is 41.1 Å². The second-order valence-electron chi connectivity index (χ2n) is 8.07. The summed E-state index contributed by atoms with van der Waals surface area (Å²) in [6.07, 6.45) is 5.59. The van der Waals surface area contributed by atoms with Crippen LogP contribution in [0.4, 0.5) is 0 Å². The Morgan fingerprint density at radius 2 is 2.17 bits per heavy atom. The third kappa shape index (κ3) is 2.53. The summed E-state index contributed by atoms with van der Waals surface area (Å²) >= 11 is 3.73. The van der Waals surface area contributed by atoms with Gasteiger partial charge in [-0.3, -0.25) is 0 Å². The van der Waals surface area contributed by atoms with Crippen LogP contribution in [0.25, 0.3) is 0 Å². The van der Waals surface area contributed by atoms with Crippen LogP contribution in [0.3, 0.4) is 0 Å². The highest BCUT2D eigenvalue weighted by molar-refractivity contribution is 9.09. The number of aliphatic hydroxyl groups is 1. The third-order valence-electron chi connectivity index (χ3n) is 6.98. The number of methoxy groups -OCH3 is 1. The monoisotopic (exact) mass is 394 g/mol. The van der Waals surface area contributed by atoms with E-state index in [1.165, 1.54) is 24.0 Å². The molecule has 0 radical (unpaired) electrons. The standard InChI is InChI=1S/C20H27BrO3/c1-20-8-7-15-14-6-4-13(24-11-23-2)9-12(14)3-5-16(15)17(20)10-18(21)19(20)22/h4,6,9,15-19,22H,3,5,7-8,10-11H2,1-2H3/t15-,16-,17+,18-,19+,20+/m1/s1. The number of ether oxygens (including phenoxy) is 2. The number of alkyl halides is 1. The van der Waals surface area contributed by atoms with Crippen molar-refractivity contribution in [2.45, 2.75) is 55.9 Å². The fourth-order valence-electron chi connectivity index (χ4n) is 5.72. The van der Waals surface area contributed by atoms with Crippen molar-refractivity contribution in [1.82, 2.24) is 0 Å². The molecule has 0 bridgehead atoms. The molecule has 2 fully saturated rings. The average molecular weight is 395 g/mol. The first kappa shape index (κ1) is 16.9. The zero-order valence-corrected chi connectivity index (χ0v) is 16.1. The molecule has 1 aromatic rings. The normalized spacial score (nSPS) is 40.6. The molecule has 3 aliphatic carbocycles. The Morgan fingerprint density at radius 3 is 2.96 bits per heavy atom. The van der Waals surface area contributed by atoms with Crippen molar-refractivity contribution in [2.24, 2.45) is 17.3 Å². The predicted octanol–water partition coefficient (Wildman–Crippen LogP) is 4.26. The largest absolute Gasteiger partial charge is 0.468 e. The van der Waals surface area contributed by atoms with Crippen LogP contribution < -0.4 is 4.74 Å². The van der Waals surface area contributed by atoms with E-state index < -0.39 is 0 Å². The van der Waals surface area contributed by atoms with Gasteiger partial charge in [-0.25, -0.2) is 0 Å². The minimum Gasteiger partial charge on any atom is -0.468 e. The Morgan fingerprint density at radius 1 is 1.33 bits per heavy atom. The lowest BCUT2D eigenvalue weighted by atomic mass is 9.55.